The van der Waals surface area contributed by atoms with Gasteiger partial charge in [0.05, 0.1) is 19.8 Å². The van der Waals surface area contributed by atoms with E-state index in [4.69, 9.17) is 9.15 Å². The van der Waals surface area contributed by atoms with Crippen molar-refractivity contribution < 1.29 is 19.1 Å². The second kappa shape index (κ2) is 7.35. The molecule has 0 spiro atoms. The SMILES string of the molecule is O=C(c1ccc(Cn2ccc3ccccc32)o1)N1CCOCC(CO)C1. The Balaban J connectivity index is 1.49. The number of amides is 1. The lowest BCUT2D eigenvalue weighted by molar-refractivity contribution is 0.0694. The van der Waals surface area contributed by atoms with Gasteiger partial charge in [-0.3, -0.25) is 4.79 Å². The minimum absolute atomic E-state index is 0.00783. The Morgan fingerprint density at radius 3 is 2.96 bits per heavy atom. The van der Waals surface area contributed by atoms with Crippen LogP contribution >= 0.6 is 0 Å². The van der Waals surface area contributed by atoms with Crippen LogP contribution in [0.2, 0.25) is 0 Å². The molecular formula is C20H22N2O4. The van der Waals surface area contributed by atoms with Crippen LogP contribution in [0.1, 0.15) is 16.3 Å². The van der Waals surface area contributed by atoms with Gasteiger partial charge in [-0.05, 0) is 29.7 Å². The maximum Gasteiger partial charge on any atom is 0.289 e. The van der Waals surface area contributed by atoms with Crippen molar-refractivity contribution in [1.29, 1.82) is 0 Å². The van der Waals surface area contributed by atoms with Crippen LogP contribution in [0.4, 0.5) is 0 Å². The number of aliphatic hydroxyl groups is 1. The van der Waals surface area contributed by atoms with Crippen molar-refractivity contribution in [2.75, 3.05) is 32.9 Å². The number of rotatable bonds is 4. The number of carbonyl (C=O) groups is 1. The van der Waals surface area contributed by atoms with Crippen LogP contribution in [0.3, 0.4) is 0 Å². The summed E-state index contributed by atoms with van der Waals surface area (Å²) in [5, 5.41) is 10.6. The number of hydrogen-bond donors (Lipinski definition) is 1. The van der Waals surface area contributed by atoms with E-state index < -0.39 is 0 Å². The van der Waals surface area contributed by atoms with Crippen LogP contribution in [-0.2, 0) is 11.3 Å². The quantitative estimate of drug-likeness (QED) is 0.781. The van der Waals surface area contributed by atoms with Crippen molar-refractivity contribution in [3.63, 3.8) is 0 Å². The highest BCUT2D eigenvalue weighted by molar-refractivity contribution is 5.91. The first-order chi connectivity index (χ1) is 12.7. The molecule has 136 valence electrons. The molecule has 6 heteroatoms. The number of aromatic nitrogens is 1. The summed E-state index contributed by atoms with van der Waals surface area (Å²) in [4.78, 5) is 14.4. The number of furan rings is 1. The van der Waals surface area contributed by atoms with Gasteiger partial charge in [0.25, 0.3) is 5.91 Å². The van der Waals surface area contributed by atoms with E-state index in [1.807, 2.05) is 24.4 Å². The van der Waals surface area contributed by atoms with Gasteiger partial charge in [-0.25, -0.2) is 0 Å². The van der Waals surface area contributed by atoms with Crippen LogP contribution in [0, 0.1) is 5.92 Å². The molecule has 1 saturated heterocycles. The molecule has 0 radical (unpaired) electrons. The fourth-order valence-corrected chi connectivity index (χ4v) is 3.36. The topological polar surface area (TPSA) is 67.8 Å². The van der Waals surface area contributed by atoms with Crippen molar-refractivity contribution in [3.05, 3.63) is 60.2 Å². The molecule has 1 fully saturated rings. The summed E-state index contributed by atoms with van der Waals surface area (Å²) >= 11 is 0. The van der Waals surface area contributed by atoms with E-state index in [0.717, 1.165) is 11.3 Å². The minimum atomic E-state index is -0.155. The Labute approximate surface area is 151 Å². The summed E-state index contributed by atoms with van der Waals surface area (Å²) in [5.41, 5.74) is 1.13. The number of fused-ring (bicyclic) bond motifs is 1. The highest BCUT2D eigenvalue weighted by atomic mass is 16.5. The Morgan fingerprint density at radius 2 is 2.08 bits per heavy atom. The normalized spacial score (nSPS) is 18.2. The maximum absolute atomic E-state index is 12.7. The molecule has 1 aliphatic heterocycles. The third-order valence-electron chi connectivity index (χ3n) is 4.76. The number of para-hydroxylation sites is 1. The summed E-state index contributed by atoms with van der Waals surface area (Å²) in [7, 11) is 0. The monoisotopic (exact) mass is 354 g/mol. The summed E-state index contributed by atoms with van der Waals surface area (Å²) in [6.07, 6.45) is 2.02. The fraction of sp³-hybridized carbons (Fsp3) is 0.350. The third-order valence-corrected chi connectivity index (χ3v) is 4.76. The predicted molar refractivity (Wildman–Crippen MR) is 97.0 cm³/mol. The molecule has 1 aromatic carbocycles. The number of ether oxygens (including phenoxy) is 1. The van der Waals surface area contributed by atoms with Crippen LogP contribution < -0.4 is 0 Å². The molecule has 26 heavy (non-hydrogen) atoms. The largest absolute Gasteiger partial charge is 0.454 e. The Kier molecular flexibility index (Phi) is 4.77. The van der Waals surface area contributed by atoms with E-state index in [9.17, 15) is 9.90 Å². The second-order valence-corrected chi connectivity index (χ2v) is 6.64. The summed E-state index contributed by atoms with van der Waals surface area (Å²) in [6, 6.07) is 13.8. The molecule has 1 amide bonds. The molecule has 6 nitrogen and oxygen atoms in total. The lowest BCUT2D eigenvalue weighted by Gasteiger charge is -2.21. The Hall–Kier alpha value is -2.57. The molecule has 1 aliphatic rings. The first-order valence-corrected chi connectivity index (χ1v) is 8.85. The summed E-state index contributed by atoms with van der Waals surface area (Å²) < 4.78 is 13.4. The highest BCUT2D eigenvalue weighted by Gasteiger charge is 2.25. The van der Waals surface area contributed by atoms with Crippen molar-refractivity contribution >= 4 is 16.8 Å². The van der Waals surface area contributed by atoms with E-state index in [1.165, 1.54) is 5.39 Å². The van der Waals surface area contributed by atoms with E-state index in [1.54, 1.807) is 11.0 Å². The molecule has 0 bridgehead atoms. The average molecular weight is 354 g/mol. The third kappa shape index (κ3) is 3.38. The molecule has 1 unspecified atom stereocenters. The number of carbonyl (C=O) groups excluding carboxylic acids is 1. The first-order valence-electron chi connectivity index (χ1n) is 8.85. The van der Waals surface area contributed by atoms with Gasteiger partial charge in [-0.1, -0.05) is 18.2 Å². The molecule has 4 rings (SSSR count). The van der Waals surface area contributed by atoms with Crippen LogP contribution in [0.5, 0.6) is 0 Å². The zero-order valence-electron chi connectivity index (χ0n) is 14.5. The van der Waals surface area contributed by atoms with E-state index in [-0.39, 0.29) is 18.4 Å². The highest BCUT2D eigenvalue weighted by Crippen LogP contribution is 2.19. The number of hydrogen-bond acceptors (Lipinski definition) is 4. The van der Waals surface area contributed by atoms with Crippen LogP contribution in [0.15, 0.2) is 53.1 Å². The smallest absolute Gasteiger partial charge is 0.289 e. The first kappa shape index (κ1) is 16.9. The zero-order chi connectivity index (χ0) is 17.9. The number of aliphatic hydroxyl groups excluding tert-OH is 1. The Morgan fingerprint density at radius 1 is 1.19 bits per heavy atom. The molecule has 1 atom stereocenters. The van der Waals surface area contributed by atoms with Crippen molar-refractivity contribution in [1.82, 2.24) is 9.47 Å². The predicted octanol–water partition coefficient (Wildman–Crippen LogP) is 2.36. The standard InChI is InChI=1S/C20H22N2O4/c23-13-15-11-22(9-10-25-14-15)20(24)19-6-5-17(26-19)12-21-8-7-16-3-1-2-4-18(16)21/h1-8,15,23H,9-14H2. The summed E-state index contributed by atoms with van der Waals surface area (Å²) in [5.74, 6) is 0.856. The van der Waals surface area contributed by atoms with Gasteiger partial charge in [0.1, 0.15) is 5.76 Å². The fourth-order valence-electron chi connectivity index (χ4n) is 3.36. The molecule has 3 aromatic rings. The second-order valence-electron chi connectivity index (χ2n) is 6.64. The van der Waals surface area contributed by atoms with Gasteiger partial charge >= 0.3 is 0 Å². The van der Waals surface area contributed by atoms with Gasteiger partial charge in [-0.2, -0.15) is 0 Å². The number of benzene rings is 1. The van der Waals surface area contributed by atoms with Gasteiger partial charge in [-0.15, -0.1) is 0 Å². The van der Waals surface area contributed by atoms with E-state index in [2.05, 4.69) is 22.8 Å². The summed E-state index contributed by atoms with van der Waals surface area (Å²) in [6.45, 7) is 2.52. The zero-order valence-corrected chi connectivity index (χ0v) is 14.5. The molecule has 1 N–H and O–H groups in total. The lowest BCUT2D eigenvalue weighted by atomic mass is 10.1. The maximum atomic E-state index is 12.7. The number of nitrogens with zero attached hydrogens (tertiary/aromatic N) is 2. The van der Waals surface area contributed by atoms with Crippen LogP contribution in [-0.4, -0.2) is 53.4 Å². The van der Waals surface area contributed by atoms with Crippen molar-refractivity contribution in [2.45, 2.75) is 6.54 Å². The molecule has 0 saturated carbocycles. The minimum Gasteiger partial charge on any atom is -0.454 e. The average Bonchev–Trinajstić information content (AvgIpc) is 3.22. The van der Waals surface area contributed by atoms with E-state index in [0.29, 0.717) is 38.6 Å². The molecule has 0 aliphatic carbocycles. The molecule has 2 aromatic heterocycles. The lowest BCUT2D eigenvalue weighted by Crippen LogP contribution is -2.36. The Bertz CT molecular complexity index is 898. The van der Waals surface area contributed by atoms with Crippen molar-refractivity contribution in [2.24, 2.45) is 5.92 Å². The van der Waals surface area contributed by atoms with Gasteiger partial charge in [0.15, 0.2) is 5.76 Å². The van der Waals surface area contributed by atoms with Gasteiger partial charge < -0.3 is 23.7 Å². The van der Waals surface area contributed by atoms with Gasteiger partial charge in [0.2, 0.25) is 0 Å². The molecule has 3 heterocycles. The molecular weight excluding hydrogens is 332 g/mol. The van der Waals surface area contributed by atoms with Gasteiger partial charge in [0, 0.05) is 37.3 Å². The van der Waals surface area contributed by atoms with E-state index >= 15 is 0 Å². The van der Waals surface area contributed by atoms with Crippen LogP contribution in [0.25, 0.3) is 10.9 Å². The van der Waals surface area contributed by atoms with Crippen molar-refractivity contribution in [3.8, 4) is 0 Å².